The zero-order valence-electron chi connectivity index (χ0n) is 23.0. The highest BCUT2D eigenvalue weighted by Gasteiger charge is 2.53. The van der Waals surface area contributed by atoms with Gasteiger partial charge >= 0.3 is 0 Å². The van der Waals surface area contributed by atoms with E-state index < -0.39 is 15.6 Å². The van der Waals surface area contributed by atoms with E-state index >= 15 is 0 Å². The van der Waals surface area contributed by atoms with E-state index in [-0.39, 0.29) is 17.1 Å². The molecule has 0 aliphatic heterocycles. The highest BCUT2D eigenvalue weighted by Crippen LogP contribution is 2.56. The Morgan fingerprint density at radius 1 is 1.12 bits per heavy atom. The lowest BCUT2D eigenvalue weighted by Crippen LogP contribution is -2.52. The second-order valence-corrected chi connectivity index (χ2v) is 13.9. The Labute approximate surface area is 219 Å². The Bertz CT molecular complexity index is 878. The molecule has 188 valence electrons. The molecule has 0 aliphatic rings. The third-order valence-corrected chi connectivity index (χ3v) is 10.1. The minimum Gasteiger partial charge on any atom is -0.356 e. The van der Waals surface area contributed by atoms with Crippen LogP contribution in [0.5, 0.6) is 0 Å². The predicted octanol–water partition coefficient (Wildman–Crippen LogP) is 7.43. The molecule has 1 aromatic rings. The van der Waals surface area contributed by atoms with E-state index in [1.165, 1.54) is 11.8 Å². The summed E-state index contributed by atoms with van der Waals surface area (Å²) >= 11 is 7.22. The molecule has 6 heteroatoms. The van der Waals surface area contributed by atoms with Gasteiger partial charge in [-0.3, -0.25) is 4.79 Å². The van der Waals surface area contributed by atoms with Crippen molar-refractivity contribution in [3.8, 4) is 6.07 Å². The summed E-state index contributed by atoms with van der Waals surface area (Å²) in [5.41, 5.74) is 0.00419. The van der Waals surface area contributed by atoms with Crippen LogP contribution in [0.25, 0.3) is 0 Å². The molecule has 0 saturated carbocycles. The van der Waals surface area contributed by atoms with Gasteiger partial charge in [-0.05, 0) is 42.0 Å². The van der Waals surface area contributed by atoms with Crippen molar-refractivity contribution in [2.75, 3.05) is 6.54 Å². The van der Waals surface area contributed by atoms with Crippen LogP contribution < -0.4 is 5.32 Å². The number of hydrogen-bond donors (Lipinski definition) is 1. The fraction of sp³-hybridized carbons (Fsp3) is 0.679. The van der Waals surface area contributed by atoms with Crippen molar-refractivity contribution >= 4 is 41.4 Å². The van der Waals surface area contributed by atoms with E-state index in [0.29, 0.717) is 18.8 Å². The van der Waals surface area contributed by atoms with E-state index in [2.05, 4.69) is 73.7 Å². The number of thiocarbonyl (C=S) groups is 1. The fourth-order valence-electron chi connectivity index (χ4n) is 4.81. The van der Waals surface area contributed by atoms with Crippen LogP contribution in [0.3, 0.4) is 0 Å². The highest BCUT2D eigenvalue weighted by molar-refractivity contribution is 8.24. The van der Waals surface area contributed by atoms with Crippen molar-refractivity contribution < 1.29 is 4.79 Å². The third-order valence-electron chi connectivity index (χ3n) is 8.14. The Morgan fingerprint density at radius 2 is 1.68 bits per heavy atom. The van der Waals surface area contributed by atoms with Crippen LogP contribution in [0, 0.1) is 28.1 Å². The van der Waals surface area contributed by atoms with Crippen molar-refractivity contribution in [2.45, 2.75) is 98.0 Å². The molecule has 0 aliphatic carbocycles. The van der Waals surface area contributed by atoms with Gasteiger partial charge in [-0.2, -0.15) is 5.26 Å². The Balaban J connectivity index is 3.32. The van der Waals surface area contributed by atoms with Crippen LogP contribution in [0.4, 0.5) is 0 Å². The number of nitriles is 1. The maximum Gasteiger partial charge on any atom is 0.225 e. The van der Waals surface area contributed by atoms with E-state index in [4.69, 9.17) is 12.2 Å². The minimum absolute atomic E-state index is 0.104. The molecule has 0 saturated heterocycles. The Kier molecular flexibility index (Phi) is 10.9. The number of nitrogens with one attached hydrogen (secondary N) is 1. The molecule has 0 spiro atoms. The van der Waals surface area contributed by atoms with Crippen LogP contribution in [0.1, 0.15) is 87.6 Å². The number of carbonyl (C=O) groups excluding carboxylic acids is 1. The number of carbonyl (C=O) groups is 1. The fourth-order valence-corrected chi connectivity index (χ4v) is 6.58. The summed E-state index contributed by atoms with van der Waals surface area (Å²) in [6.45, 7) is 22.3. The van der Waals surface area contributed by atoms with Gasteiger partial charge in [0.2, 0.25) is 5.91 Å². The minimum atomic E-state index is -0.748. The molecule has 1 aromatic carbocycles. The van der Waals surface area contributed by atoms with Crippen molar-refractivity contribution in [2.24, 2.45) is 16.7 Å². The smallest absolute Gasteiger partial charge is 0.225 e. The van der Waals surface area contributed by atoms with E-state index in [9.17, 15) is 10.1 Å². The first-order chi connectivity index (χ1) is 15.6. The number of hydrogen-bond acceptors (Lipinski definition) is 4. The average molecular weight is 501 g/mol. The molecule has 1 rings (SSSR count). The van der Waals surface area contributed by atoms with Crippen molar-refractivity contribution in [1.29, 1.82) is 5.26 Å². The summed E-state index contributed by atoms with van der Waals surface area (Å²) in [7, 11) is 0.957. The first kappa shape index (κ1) is 30.7. The van der Waals surface area contributed by atoms with Crippen molar-refractivity contribution in [1.82, 2.24) is 5.32 Å². The van der Waals surface area contributed by atoms with Crippen LogP contribution in [-0.2, 0) is 4.79 Å². The molecule has 0 bridgehead atoms. The zero-order valence-corrected chi connectivity index (χ0v) is 24.7. The van der Waals surface area contributed by atoms with Crippen molar-refractivity contribution in [3.05, 3.63) is 35.9 Å². The second-order valence-electron chi connectivity index (χ2n) is 11.8. The Morgan fingerprint density at radius 3 is 2.15 bits per heavy atom. The normalized spacial score (nSPS) is 16.6. The number of amides is 1. The molecule has 0 radical (unpaired) electrons. The average Bonchev–Trinajstić information content (AvgIpc) is 2.76. The first-order valence-electron chi connectivity index (χ1n) is 12.6. The number of benzene rings is 1. The second kappa shape index (κ2) is 12.1. The lowest BCUT2D eigenvalue weighted by atomic mass is 9.38. The first-order valence-corrected chi connectivity index (χ1v) is 13.8. The number of nitrogens with zero attached hydrogens (tertiary/aromatic N) is 1. The molecule has 3 nitrogen and oxygen atoms in total. The molecule has 0 aromatic heterocycles. The molecule has 3 atom stereocenters. The topological polar surface area (TPSA) is 52.9 Å². The zero-order chi connectivity index (χ0) is 26.4. The molecule has 1 N–H and O–H groups in total. The molecule has 34 heavy (non-hydrogen) atoms. The molecule has 0 fully saturated rings. The predicted molar refractivity (Wildman–Crippen MR) is 155 cm³/mol. The largest absolute Gasteiger partial charge is 0.356 e. The van der Waals surface area contributed by atoms with Crippen LogP contribution in [0.15, 0.2) is 30.3 Å². The third kappa shape index (κ3) is 6.88. The van der Waals surface area contributed by atoms with E-state index in [1.54, 1.807) is 0 Å². The summed E-state index contributed by atoms with van der Waals surface area (Å²) in [6.07, 6.45) is 1.61. The monoisotopic (exact) mass is 500 g/mol. The lowest BCUT2D eigenvalue weighted by Gasteiger charge is -2.50. The summed E-state index contributed by atoms with van der Waals surface area (Å²) < 4.78 is -0.0176. The van der Waals surface area contributed by atoms with E-state index in [0.717, 1.165) is 23.5 Å². The standard InChI is InChI=1S/C28H45BN2OS2/c1-11-17-31-24(32)27(9,26(7,8)29-20(2)3)18-21(4)25(5,6)28(10,19-30)34-23(33)22-15-13-12-14-16-22/h12-16,20-21,29H,11,17-18H2,1-10H3,(H,31,32). The van der Waals surface area contributed by atoms with Gasteiger partial charge < -0.3 is 5.32 Å². The highest BCUT2D eigenvalue weighted by atomic mass is 32.2. The quantitative estimate of drug-likeness (QED) is 0.240. The SMILES string of the molecule is CCCNC(=O)C(C)(CC(C)C(C)(C)C(C)(C#N)SC(=S)c1ccccc1)C(C)(C)BC(C)C. The van der Waals surface area contributed by atoms with Crippen molar-refractivity contribution in [3.63, 3.8) is 0 Å². The Hall–Kier alpha value is -1.32. The lowest BCUT2D eigenvalue weighted by molar-refractivity contribution is -0.133. The maximum atomic E-state index is 13.6. The molecular formula is C28H45BN2OS2. The molecule has 3 unspecified atom stereocenters. The summed E-state index contributed by atoms with van der Waals surface area (Å²) in [4.78, 5) is 13.6. The summed E-state index contributed by atoms with van der Waals surface area (Å²) in [6, 6.07) is 12.5. The van der Waals surface area contributed by atoms with Gasteiger partial charge in [0.25, 0.3) is 0 Å². The van der Waals surface area contributed by atoms with Gasteiger partial charge in [-0.15, -0.1) is 0 Å². The van der Waals surface area contributed by atoms with E-state index in [1.807, 2.05) is 37.3 Å². The van der Waals surface area contributed by atoms with Gasteiger partial charge in [-0.1, -0.05) is 122 Å². The van der Waals surface area contributed by atoms with Crippen LogP contribution in [0.2, 0.25) is 11.1 Å². The maximum absolute atomic E-state index is 13.6. The molecule has 1 amide bonds. The number of rotatable bonds is 12. The van der Waals surface area contributed by atoms with Gasteiger partial charge in [0.15, 0.2) is 0 Å². The number of thioether (sulfide) groups is 1. The summed E-state index contributed by atoms with van der Waals surface area (Å²) in [5, 5.41) is 13.3. The molecular weight excluding hydrogens is 455 g/mol. The van der Waals surface area contributed by atoms with Crippen LogP contribution in [-0.4, -0.2) is 28.7 Å². The van der Waals surface area contributed by atoms with Crippen LogP contribution >= 0.6 is 24.0 Å². The molecule has 0 heterocycles. The van der Waals surface area contributed by atoms with Gasteiger partial charge in [0.1, 0.15) is 12.0 Å². The van der Waals surface area contributed by atoms with Gasteiger partial charge in [0, 0.05) is 12.0 Å². The summed E-state index contributed by atoms with van der Waals surface area (Å²) in [5.74, 6) is 0.709. The van der Waals surface area contributed by atoms with Gasteiger partial charge in [-0.25, -0.2) is 0 Å². The van der Waals surface area contributed by atoms with Gasteiger partial charge in [0.05, 0.1) is 10.3 Å².